The van der Waals surface area contributed by atoms with Crippen molar-refractivity contribution in [1.29, 1.82) is 0 Å². The molecular formula is C15H21FN2O2S. The molecule has 2 fully saturated rings. The Kier molecular flexibility index (Phi) is 4.03. The van der Waals surface area contributed by atoms with E-state index >= 15 is 0 Å². The van der Waals surface area contributed by atoms with Gasteiger partial charge in [-0.05, 0) is 44.0 Å². The molecule has 0 aromatic heterocycles. The van der Waals surface area contributed by atoms with Gasteiger partial charge in [0.2, 0.25) is 10.0 Å². The van der Waals surface area contributed by atoms with Gasteiger partial charge in [-0.1, -0.05) is 12.1 Å². The summed E-state index contributed by atoms with van der Waals surface area (Å²) in [5.74, 6) is -0.515. The minimum absolute atomic E-state index is 0.0158. The average Bonchev–Trinajstić information content (AvgIpc) is 2.84. The van der Waals surface area contributed by atoms with Crippen molar-refractivity contribution in [3.8, 4) is 0 Å². The maximum Gasteiger partial charge on any atom is 0.218 e. The van der Waals surface area contributed by atoms with Crippen LogP contribution in [0.3, 0.4) is 0 Å². The van der Waals surface area contributed by atoms with Crippen LogP contribution in [0, 0.1) is 5.82 Å². The van der Waals surface area contributed by atoms with Gasteiger partial charge in [0, 0.05) is 25.2 Å². The standard InChI is InChI=1S/C15H21FN2O2S/c1-12-9-17-7-3-6-15(17)10-18(12)21(19,20)11-13-4-2-5-14(16)8-13/h2,4-5,8,12,15H,3,6-7,9-11H2,1H3/t12-,15+/m1/s1. The fraction of sp³-hybridized carbons (Fsp3) is 0.600. The first-order valence-corrected chi connectivity index (χ1v) is 9.04. The van der Waals surface area contributed by atoms with Crippen LogP contribution in [-0.2, 0) is 15.8 Å². The second kappa shape index (κ2) is 5.66. The molecule has 0 saturated carbocycles. The van der Waals surface area contributed by atoms with E-state index < -0.39 is 15.8 Å². The molecule has 116 valence electrons. The smallest absolute Gasteiger partial charge is 0.218 e. The molecule has 0 bridgehead atoms. The summed E-state index contributed by atoms with van der Waals surface area (Å²) in [7, 11) is -3.40. The SMILES string of the molecule is C[C@@H]1CN2CCC[C@H]2CN1S(=O)(=O)Cc1cccc(F)c1. The molecule has 0 aliphatic carbocycles. The minimum atomic E-state index is -3.40. The number of fused-ring (bicyclic) bond motifs is 1. The lowest BCUT2D eigenvalue weighted by Crippen LogP contribution is -2.56. The average molecular weight is 312 g/mol. The summed E-state index contributed by atoms with van der Waals surface area (Å²) >= 11 is 0. The van der Waals surface area contributed by atoms with Crippen LogP contribution in [-0.4, -0.2) is 49.3 Å². The zero-order valence-electron chi connectivity index (χ0n) is 12.2. The Bertz CT molecular complexity index is 620. The van der Waals surface area contributed by atoms with Crippen molar-refractivity contribution >= 4 is 10.0 Å². The van der Waals surface area contributed by atoms with Crippen LogP contribution >= 0.6 is 0 Å². The molecule has 0 amide bonds. The third-order valence-electron chi connectivity index (χ3n) is 4.48. The second-order valence-electron chi connectivity index (χ2n) is 6.10. The lowest BCUT2D eigenvalue weighted by Gasteiger charge is -2.41. The Balaban J connectivity index is 1.77. The predicted molar refractivity (Wildman–Crippen MR) is 79.8 cm³/mol. The normalized spacial score (nSPS) is 27.7. The van der Waals surface area contributed by atoms with Gasteiger partial charge in [-0.3, -0.25) is 4.90 Å². The van der Waals surface area contributed by atoms with E-state index in [-0.39, 0.29) is 11.8 Å². The molecule has 2 aliphatic rings. The van der Waals surface area contributed by atoms with E-state index in [0.717, 1.165) is 25.9 Å². The van der Waals surface area contributed by atoms with Crippen LogP contribution < -0.4 is 0 Å². The van der Waals surface area contributed by atoms with E-state index in [0.29, 0.717) is 18.2 Å². The van der Waals surface area contributed by atoms with Crippen LogP contribution in [0.1, 0.15) is 25.3 Å². The van der Waals surface area contributed by atoms with Gasteiger partial charge in [0.25, 0.3) is 0 Å². The molecule has 3 rings (SSSR count). The molecule has 4 nitrogen and oxygen atoms in total. The predicted octanol–water partition coefficient (Wildman–Crippen LogP) is 1.82. The summed E-state index contributed by atoms with van der Waals surface area (Å²) < 4.78 is 40.1. The van der Waals surface area contributed by atoms with E-state index in [1.165, 1.54) is 12.1 Å². The third-order valence-corrected chi connectivity index (χ3v) is 6.40. The Morgan fingerprint density at radius 2 is 2.14 bits per heavy atom. The van der Waals surface area contributed by atoms with E-state index in [1.807, 2.05) is 6.92 Å². The number of piperazine rings is 1. The van der Waals surface area contributed by atoms with Crippen LogP contribution in [0.4, 0.5) is 4.39 Å². The molecule has 1 aromatic rings. The highest BCUT2D eigenvalue weighted by atomic mass is 32.2. The van der Waals surface area contributed by atoms with Crippen molar-refractivity contribution in [3.63, 3.8) is 0 Å². The van der Waals surface area contributed by atoms with Crippen molar-refractivity contribution in [1.82, 2.24) is 9.21 Å². The molecule has 0 radical (unpaired) electrons. The van der Waals surface area contributed by atoms with Crippen molar-refractivity contribution < 1.29 is 12.8 Å². The molecule has 2 aliphatic heterocycles. The number of hydrogen-bond donors (Lipinski definition) is 0. The molecule has 1 aromatic carbocycles. The highest BCUT2D eigenvalue weighted by Gasteiger charge is 2.39. The van der Waals surface area contributed by atoms with Gasteiger partial charge in [0.1, 0.15) is 5.82 Å². The Hall–Kier alpha value is -0.980. The van der Waals surface area contributed by atoms with E-state index in [9.17, 15) is 12.8 Å². The van der Waals surface area contributed by atoms with Crippen LogP contribution in [0.5, 0.6) is 0 Å². The van der Waals surface area contributed by atoms with E-state index in [1.54, 1.807) is 16.4 Å². The van der Waals surface area contributed by atoms with Crippen molar-refractivity contribution in [3.05, 3.63) is 35.6 Å². The first kappa shape index (κ1) is 14.9. The fourth-order valence-electron chi connectivity index (χ4n) is 3.47. The summed E-state index contributed by atoms with van der Waals surface area (Å²) in [5, 5.41) is 0. The maximum atomic E-state index is 13.2. The Morgan fingerprint density at radius 1 is 1.33 bits per heavy atom. The lowest BCUT2D eigenvalue weighted by molar-refractivity contribution is 0.117. The first-order chi connectivity index (χ1) is 9.95. The highest BCUT2D eigenvalue weighted by molar-refractivity contribution is 7.88. The number of sulfonamides is 1. The van der Waals surface area contributed by atoms with Crippen molar-refractivity contribution in [2.45, 2.75) is 37.6 Å². The molecule has 2 saturated heterocycles. The molecule has 0 spiro atoms. The monoisotopic (exact) mass is 312 g/mol. The van der Waals surface area contributed by atoms with Crippen molar-refractivity contribution in [2.75, 3.05) is 19.6 Å². The summed E-state index contributed by atoms with van der Waals surface area (Å²) in [6.45, 7) is 4.40. The van der Waals surface area contributed by atoms with Gasteiger partial charge < -0.3 is 0 Å². The lowest BCUT2D eigenvalue weighted by atomic mass is 10.1. The molecule has 21 heavy (non-hydrogen) atoms. The van der Waals surface area contributed by atoms with Crippen LogP contribution in [0.2, 0.25) is 0 Å². The van der Waals surface area contributed by atoms with Crippen molar-refractivity contribution in [2.24, 2.45) is 0 Å². The zero-order valence-corrected chi connectivity index (χ0v) is 13.0. The third kappa shape index (κ3) is 3.12. The Morgan fingerprint density at radius 3 is 2.90 bits per heavy atom. The fourth-order valence-corrected chi connectivity index (χ4v) is 5.25. The topological polar surface area (TPSA) is 40.6 Å². The van der Waals surface area contributed by atoms with Gasteiger partial charge in [-0.25, -0.2) is 12.8 Å². The number of halogens is 1. The summed E-state index contributed by atoms with van der Waals surface area (Å²) in [6, 6.07) is 6.18. The van der Waals surface area contributed by atoms with Crippen LogP contribution in [0.15, 0.2) is 24.3 Å². The summed E-state index contributed by atoms with van der Waals surface area (Å²) in [4.78, 5) is 2.39. The zero-order chi connectivity index (χ0) is 15.0. The maximum absolute atomic E-state index is 13.2. The highest BCUT2D eigenvalue weighted by Crippen LogP contribution is 2.27. The number of benzene rings is 1. The van der Waals surface area contributed by atoms with E-state index in [4.69, 9.17) is 0 Å². The Labute approximate surface area is 125 Å². The molecule has 6 heteroatoms. The number of nitrogens with zero attached hydrogens (tertiary/aromatic N) is 2. The molecule has 0 N–H and O–H groups in total. The second-order valence-corrected chi connectivity index (χ2v) is 8.02. The first-order valence-electron chi connectivity index (χ1n) is 7.44. The summed E-state index contributed by atoms with van der Waals surface area (Å²) in [5.41, 5.74) is 0.510. The van der Waals surface area contributed by atoms with Crippen LogP contribution in [0.25, 0.3) is 0 Å². The quantitative estimate of drug-likeness (QED) is 0.855. The molecule has 2 heterocycles. The number of hydrogen-bond acceptors (Lipinski definition) is 3. The van der Waals surface area contributed by atoms with Gasteiger partial charge >= 0.3 is 0 Å². The molecule has 0 unspecified atom stereocenters. The summed E-state index contributed by atoms with van der Waals surface area (Å²) in [6.07, 6.45) is 2.22. The molecular weight excluding hydrogens is 291 g/mol. The van der Waals surface area contributed by atoms with Gasteiger partial charge in [0.15, 0.2) is 0 Å². The van der Waals surface area contributed by atoms with E-state index in [2.05, 4.69) is 4.90 Å². The molecule has 2 atom stereocenters. The van der Waals surface area contributed by atoms with Gasteiger partial charge in [-0.2, -0.15) is 4.31 Å². The minimum Gasteiger partial charge on any atom is -0.297 e. The number of rotatable bonds is 3. The largest absolute Gasteiger partial charge is 0.297 e. The van der Waals surface area contributed by atoms with Gasteiger partial charge in [0.05, 0.1) is 5.75 Å². The van der Waals surface area contributed by atoms with Gasteiger partial charge in [-0.15, -0.1) is 0 Å².